The monoisotopic (exact) mass is 237 g/mol. The number of hydrogen-bond donors (Lipinski definition) is 3. The minimum atomic E-state index is 0. The molecule has 0 atom stereocenters. The van der Waals surface area contributed by atoms with Crippen molar-refractivity contribution in [3.8, 4) is 0 Å². The molecule has 0 aromatic rings. The maximum Gasteiger partial charge on any atom is 2.00 e. The Kier molecular flexibility index (Phi) is 50.5. The fourth-order valence-electron chi connectivity index (χ4n) is 0.329. The molecule has 0 unspecified atom stereocenters. The quantitative estimate of drug-likeness (QED) is 0.337. The van der Waals surface area contributed by atoms with Crippen LogP contribution in [0.2, 0.25) is 0 Å². The van der Waals surface area contributed by atoms with E-state index < -0.39 is 0 Å². The first kappa shape index (κ1) is 22.5. The van der Waals surface area contributed by atoms with Crippen LogP contribution < -0.4 is 41.6 Å². The molecule has 0 fully saturated rings. The summed E-state index contributed by atoms with van der Waals surface area (Å²) in [6.07, 6.45) is 0. The molecule has 0 aliphatic heterocycles. The first-order valence-corrected chi connectivity index (χ1v) is 2.52. The Morgan fingerprint density at radius 2 is 1.20 bits per heavy atom. The number of nitrogens with two attached hydrogens (primary N) is 2. The molecule has 0 saturated heterocycles. The van der Waals surface area contributed by atoms with Crippen LogP contribution in [0.25, 0.3) is 0 Å². The van der Waals surface area contributed by atoms with Crippen molar-refractivity contribution >= 4 is 0 Å². The Bertz CT molecular complexity index is 37.7. The van der Waals surface area contributed by atoms with E-state index in [2.05, 4.69) is 5.32 Å². The van der Waals surface area contributed by atoms with Gasteiger partial charge in [-0.2, -0.15) is 0 Å². The standard InChI is InChI=1S/C4H13N3.2ClH.Zn/c5-1-3-7-4-2-6;;;/h7H,1-6H2;2*1H;/q;;;+2/p-2. The summed E-state index contributed by atoms with van der Waals surface area (Å²) in [5.74, 6) is 0. The fourth-order valence-corrected chi connectivity index (χ4v) is 0.329. The largest absolute Gasteiger partial charge is 2.00 e. The molecule has 5 N–H and O–H groups in total. The van der Waals surface area contributed by atoms with Gasteiger partial charge in [0.25, 0.3) is 0 Å². The molecule has 0 heterocycles. The normalized spacial score (nSPS) is 6.60. The average Bonchev–Trinajstić information content (AvgIpc) is 1.69. The predicted octanol–water partition coefficient (Wildman–Crippen LogP) is -7.50. The van der Waals surface area contributed by atoms with E-state index in [-0.39, 0.29) is 44.3 Å². The number of rotatable bonds is 4. The van der Waals surface area contributed by atoms with Crippen LogP contribution >= 0.6 is 0 Å². The molecule has 0 aliphatic rings. The summed E-state index contributed by atoms with van der Waals surface area (Å²) in [5, 5.41) is 3.03. The topological polar surface area (TPSA) is 64.1 Å². The van der Waals surface area contributed by atoms with Crippen LogP contribution in [0.3, 0.4) is 0 Å². The molecule has 0 amide bonds. The Labute approximate surface area is 87.3 Å². The second-order valence-electron chi connectivity index (χ2n) is 1.33. The van der Waals surface area contributed by atoms with Gasteiger partial charge in [0, 0.05) is 26.2 Å². The van der Waals surface area contributed by atoms with Gasteiger partial charge in [-0.05, 0) is 0 Å². The van der Waals surface area contributed by atoms with E-state index in [1.807, 2.05) is 0 Å². The smallest absolute Gasteiger partial charge is 1.00 e. The Hall–Kier alpha value is 1.08. The van der Waals surface area contributed by atoms with Crippen molar-refractivity contribution in [1.82, 2.24) is 5.32 Å². The molecule has 0 aliphatic carbocycles. The van der Waals surface area contributed by atoms with Crippen LogP contribution in [0.1, 0.15) is 0 Å². The predicted molar refractivity (Wildman–Crippen MR) is 31.0 cm³/mol. The molecular weight excluding hydrogens is 226 g/mol. The zero-order chi connectivity index (χ0) is 5.54. The minimum absolute atomic E-state index is 0. The summed E-state index contributed by atoms with van der Waals surface area (Å²) in [7, 11) is 0. The minimum Gasteiger partial charge on any atom is -1.00 e. The van der Waals surface area contributed by atoms with Crippen LogP contribution in [0.15, 0.2) is 0 Å². The van der Waals surface area contributed by atoms with Gasteiger partial charge in [0.1, 0.15) is 0 Å². The molecule has 10 heavy (non-hydrogen) atoms. The Morgan fingerprint density at radius 3 is 1.40 bits per heavy atom. The van der Waals surface area contributed by atoms with Gasteiger partial charge in [-0.15, -0.1) is 0 Å². The first-order valence-electron chi connectivity index (χ1n) is 2.52. The molecule has 0 saturated carbocycles. The molecule has 0 radical (unpaired) electrons. The van der Waals surface area contributed by atoms with Gasteiger partial charge < -0.3 is 41.6 Å². The van der Waals surface area contributed by atoms with Crippen LogP contribution in [-0.2, 0) is 19.5 Å². The van der Waals surface area contributed by atoms with Crippen LogP contribution in [0, 0.1) is 0 Å². The van der Waals surface area contributed by atoms with Crippen molar-refractivity contribution in [2.75, 3.05) is 26.2 Å². The van der Waals surface area contributed by atoms with E-state index in [4.69, 9.17) is 11.5 Å². The molecule has 0 aromatic heterocycles. The Balaban J connectivity index is -0.0000000600. The zero-order valence-corrected chi connectivity index (χ0v) is 10.4. The SMILES string of the molecule is NCCNCCN.[Cl-].[Cl-].[Zn+2]. The molecule has 3 nitrogen and oxygen atoms in total. The van der Waals surface area contributed by atoms with Gasteiger partial charge in [0.2, 0.25) is 0 Å². The average molecular weight is 239 g/mol. The summed E-state index contributed by atoms with van der Waals surface area (Å²) in [4.78, 5) is 0. The van der Waals surface area contributed by atoms with Crippen molar-refractivity contribution in [2.24, 2.45) is 11.5 Å². The third kappa shape index (κ3) is 23.0. The van der Waals surface area contributed by atoms with Crippen molar-refractivity contribution in [2.45, 2.75) is 0 Å². The molecule has 6 heteroatoms. The van der Waals surface area contributed by atoms with Gasteiger partial charge >= 0.3 is 19.5 Å². The zero-order valence-electron chi connectivity index (χ0n) is 5.95. The Morgan fingerprint density at radius 1 is 0.900 bits per heavy atom. The molecule has 0 aromatic carbocycles. The third-order valence-corrected chi connectivity index (χ3v) is 0.642. The third-order valence-electron chi connectivity index (χ3n) is 0.642. The number of nitrogens with one attached hydrogen (secondary N) is 1. The van der Waals surface area contributed by atoms with Crippen molar-refractivity contribution in [3.05, 3.63) is 0 Å². The number of halogens is 2. The summed E-state index contributed by atoms with van der Waals surface area (Å²) in [5.41, 5.74) is 10.3. The van der Waals surface area contributed by atoms with Gasteiger partial charge in [-0.25, -0.2) is 0 Å². The van der Waals surface area contributed by atoms with Gasteiger partial charge in [0.15, 0.2) is 0 Å². The van der Waals surface area contributed by atoms with Gasteiger partial charge in [-0.3, -0.25) is 0 Å². The molecule has 0 spiro atoms. The van der Waals surface area contributed by atoms with Crippen LogP contribution in [-0.4, -0.2) is 26.2 Å². The summed E-state index contributed by atoms with van der Waals surface area (Å²) in [6, 6.07) is 0. The van der Waals surface area contributed by atoms with E-state index in [0.717, 1.165) is 13.1 Å². The van der Waals surface area contributed by atoms with E-state index in [0.29, 0.717) is 13.1 Å². The molecule has 0 rings (SSSR count). The van der Waals surface area contributed by atoms with Gasteiger partial charge in [-0.1, -0.05) is 0 Å². The first-order chi connectivity index (χ1) is 3.41. The molecular formula is C4H13Cl2N3Zn. The summed E-state index contributed by atoms with van der Waals surface area (Å²) in [6.45, 7) is 3.13. The fraction of sp³-hybridized carbons (Fsp3) is 1.00. The van der Waals surface area contributed by atoms with E-state index in [1.165, 1.54) is 0 Å². The summed E-state index contributed by atoms with van der Waals surface area (Å²) < 4.78 is 0. The van der Waals surface area contributed by atoms with Crippen molar-refractivity contribution < 1.29 is 44.3 Å². The van der Waals surface area contributed by atoms with Crippen molar-refractivity contribution in [3.63, 3.8) is 0 Å². The van der Waals surface area contributed by atoms with Crippen molar-refractivity contribution in [1.29, 1.82) is 0 Å². The van der Waals surface area contributed by atoms with E-state index >= 15 is 0 Å². The van der Waals surface area contributed by atoms with Crippen LogP contribution in [0.5, 0.6) is 0 Å². The molecule has 0 bridgehead atoms. The second kappa shape index (κ2) is 22.5. The molecule has 60 valence electrons. The number of hydrogen-bond acceptors (Lipinski definition) is 3. The van der Waals surface area contributed by atoms with Crippen LogP contribution in [0.4, 0.5) is 0 Å². The van der Waals surface area contributed by atoms with E-state index in [9.17, 15) is 0 Å². The van der Waals surface area contributed by atoms with Gasteiger partial charge in [0.05, 0.1) is 0 Å². The maximum absolute atomic E-state index is 5.17. The maximum atomic E-state index is 5.17. The second-order valence-corrected chi connectivity index (χ2v) is 1.33. The van der Waals surface area contributed by atoms with E-state index in [1.54, 1.807) is 0 Å². The summed E-state index contributed by atoms with van der Waals surface area (Å²) >= 11 is 0.